The number of nitrogens with zero attached hydrogens (tertiary/aromatic N) is 3. The molecule has 2 aromatic carbocycles. The standard InChI is InChI=1S/C26H31N5O3/c1-31(2)18-10-8-17(9-11-18)14-28-21-15-33-25-22(16-34-24(21)25)30-26-27-13-12-20(29-26)19-6-4-5-7-23(19)32-3/h4-13,21-22,24-25,28H,14-16H2,1-3H3,(H,27,29,30)/t21-,22-,24+,25+/m0/s1. The zero-order valence-corrected chi connectivity index (χ0v) is 19.8. The van der Waals surface area contributed by atoms with E-state index in [9.17, 15) is 0 Å². The molecule has 3 aromatic rings. The Morgan fingerprint density at radius 3 is 2.47 bits per heavy atom. The van der Waals surface area contributed by atoms with E-state index in [2.05, 4.69) is 44.8 Å². The number of rotatable bonds is 8. The Bertz CT molecular complexity index is 1110. The lowest BCUT2D eigenvalue weighted by molar-refractivity contribution is 0.0675. The van der Waals surface area contributed by atoms with Gasteiger partial charge in [-0.25, -0.2) is 9.97 Å². The highest BCUT2D eigenvalue weighted by Gasteiger charge is 2.47. The predicted octanol–water partition coefficient (Wildman–Crippen LogP) is 2.95. The van der Waals surface area contributed by atoms with Crippen molar-refractivity contribution in [2.45, 2.75) is 30.8 Å². The van der Waals surface area contributed by atoms with E-state index in [1.54, 1.807) is 13.3 Å². The number of para-hydroxylation sites is 1. The van der Waals surface area contributed by atoms with E-state index in [1.165, 1.54) is 11.3 Å². The van der Waals surface area contributed by atoms with E-state index in [0.717, 1.165) is 23.6 Å². The smallest absolute Gasteiger partial charge is 0.223 e. The normalized spacial score (nSPS) is 23.5. The van der Waals surface area contributed by atoms with Gasteiger partial charge < -0.3 is 29.7 Å². The minimum Gasteiger partial charge on any atom is -0.496 e. The Balaban J connectivity index is 1.20. The number of hydrogen-bond acceptors (Lipinski definition) is 8. The van der Waals surface area contributed by atoms with Crippen LogP contribution in [0.4, 0.5) is 11.6 Å². The monoisotopic (exact) mass is 461 g/mol. The van der Waals surface area contributed by atoms with Gasteiger partial charge in [-0.2, -0.15) is 0 Å². The van der Waals surface area contributed by atoms with Crippen molar-refractivity contribution >= 4 is 11.6 Å². The lowest BCUT2D eigenvalue weighted by Crippen LogP contribution is -2.41. The zero-order chi connectivity index (χ0) is 23.5. The molecule has 0 bridgehead atoms. The maximum absolute atomic E-state index is 6.13. The molecule has 8 heteroatoms. The van der Waals surface area contributed by atoms with Crippen LogP contribution in [0.1, 0.15) is 5.56 Å². The molecule has 1 aromatic heterocycles. The molecule has 0 amide bonds. The maximum Gasteiger partial charge on any atom is 0.223 e. The van der Waals surface area contributed by atoms with Crippen LogP contribution in [0.15, 0.2) is 60.8 Å². The molecule has 2 aliphatic rings. The molecule has 0 spiro atoms. The zero-order valence-electron chi connectivity index (χ0n) is 19.8. The topological polar surface area (TPSA) is 80.8 Å². The predicted molar refractivity (Wildman–Crippen MR) is 132 cm³/mol. The number of hydrogen-bond donors (Lipinski definition) is 2. The summed E-state index contributed by atoms with van der Waals surface area (Å²) in [7, 11) is 5.76. The van der Waals surface area contributed by atoms with E-state index in [-0.39, 0.29) is 24.3 Å². The van der Waals surface area contributed by atoms with E-state index in [1.807, 2.05) is 44.4 Å². The summed E-state index contributed by atoms with van der Waals surface area (Å²) in [6, 6.07) is 18.4. The number of methoxy groups -OCH3 is 1. The Morgan fingerprint density at radius 1 is 0.971 bits per heavy atom. The van der Waals surface area contributed by atoms with Gasteiger partial charge in [-0.1, -0.05) is 24.3 Å². The Morgan fingerprint density at radius 2 is 1.71 bits per heavy atom. The van der Waals surface area contributed by atoms with Crippen LogP contribution in [0.5, 0.6) is 5.75 Å². The Hall–Kier alpha value is -3.20. The average Bonchev–Trinajstić information content (AvgIpc) is 3.46. The highest BCUT2D eigenvalue weighted by atomic mass is 16.6. The van der Waals surface area contributed by atoms with Gasteiger partial charge in [-0.05, 0) is 35.9 Å². The molecule has 2 saturated heterocycles. The largest absolute Gasteiger partial charge is 0.496 e. The van der Waals surface area contributed by atoms with Crippen molar-refractivity contribution in [3.63, 3.8) is 0 Å². The third-order valence-corrected chi connectivity index (χ3v) is 6.43. The van der Waals surface area contributed by atoms with E-state index >= 15 is 0 Å². The number of benzene rings is 2. The molecule has 8 nitrogen and oxygen atoms in total. The molecule has 178 valence electrons. The third-order valence-electron chi connectivity index (χ3n) is 6.43. The molecule has 0 saturated carbocycles. The lowest BCUT2D eigenvalue weighted by Gasteiger charge is -2.19. The molecular weight excluding hydrogens is 430 g/mol. The van der Waals surface area contributed by atoms with Gasteiger partial charge in [0.25, 0.3) is 0 Å². The number of nitrogens with one attached hydrogen (secondary N) is 2. The van der Waals surface area contributed by atoms with Crippen molar-refractivity contribution in [3.05, 3.63) is 66.4 Å². The van der Waals surface area contributed by atoms with Crippen LogP contribution < -0.4 is 20.3 Å². The molecule has 0 radical (unpaired) electrons. The molecule has 3 heterocycles. The van der Waals surface area contributed by atoms with Crippen LogP contribution in [0.2, 0.25) is 0 Å². The second-order valence-corrected chi connectivity index (χ2v) is 8.86. The second-order valence-electron chi connectivity index (χ2n) is 8.86. The summed E-state index contributed by atoms with van der Waals surface area (Å²) >= 11 is 0. The Kier molecular flexibility index (Phi) is 6.62. The lowest BCUT2D eigenvalue weighted by atomic mass is 10.1. The van der Waals surface area contributed by atoms with Gasteiger partial charge in [0.05, 0.1) is 38.1 Å². The minimum absolute atomic E-state index is 0.00375. The van der Waals surface area contributed by atoms with Gasteiger partial charge in [0.15, 0.2) is 0 Å². The van der Waals surface area contributed by atoms with Crippen molar-refractivity contribution < 1.29 is 14.2 Å². The number of aromatic nitrogens is 2. The molecule has 2 N–H and O–H groups in total. The van der Waals surface area contributed by atoms with Crippen LogP contribution in [-0.4, -0.2) is 68.7 Å². The fourth-order valence-corrected chi connectivity index (χ4v) is 4.56. The molecule has 34 heavy (non-hydrogen) atoms. The molecule has 0 unspecified atom stereocenters. The first-order valence-electron chi connectivity index (χ1n) is 11.6. The fourth-order valence-electron chi connectivity index (χ4n) is 4.56. The molecule has 2 aliphatic heterocycles. The molecule has 0 aliphatic carbocycles. The molecule has 4 atom stereocenters. The van der Waals surface area contributed by atoms with Gasteiger partial charge in [0.2, 0.25) is 5.95 Å². The quantitative estimate of drug-likeness (QED) is 0.530. The summed E-state index contributed by atoms with van der Waals surface area (Å²) in [6.45, 7) is 1.94. The van der Waals surface area contributed by atoms with Crippen molar-refractivity contribution in [1.82, 2.24) is 15.3 Å². The van der Waals surface area contributed by atoms with Crippen LogP contribution in [-0.2, 0) is 16.0 Å². The number of anilines is 2. The highest BCUT2D eigenvalue weighted by molar-refractivity contribution is 5.67. The van der Waals surface area contributed by atoms with Crippen molar-refractivity contribution in [3.8, 4) is 17.0 Å². The van der Waals surface area contributed by atoms with Gasteiger partial charge in [0.1, 0.15) is 18.0 Å². The van der Waals surface area contributed by atoms with Gasteiger partial charge in [0, 0.05) is 38.1 Å². The highest BCUT2D eigenvalue weighted by Crippen LogP contribution is 2.31. The van der Waals surface area contributed by atoms with Crippen LogP contribution >= 0.6 is 0 Å². The summed E-state index contributed by atoms with van der Waals surface area (Å²) in [6.07, 6.45) is 1.70. The molecule has 5 rings (SSSR count). The Labute approximate surface area is 200 Å². The first-order chi connectivity index (χ1) is 16.6. The van der Waals surface area contributed by atoms with Crippen LogP contribution in [0, 0.1) is 0 Å². The van der Waals surface area contributed by atoms with Crippen LogP contribution in [0.25, 0.3) is 11.3 Å². The molecule has 2 fully saturated rings. The summed E-state index contributed by atoms with van der Waals surface area (Å²) in [5, 5.41) is 7.03. The fraction of sp³-hybridized carbons (Fsp3) is 0.385. The third kappa shape index (κ3) is 4.70. The van der Waals surface area contributed by atoms with Crippen LogP contribution in [0.3, 0.4) is 0 Å². The summed E-state index contributed by atoms with van der Waals surface area (Å²) < 4.78 is 17.7. The van der Waals surface area contributed by atoms with E-state index in [0.29, 0.717) is 19.2 Å². The van der Waals surface area contributed by atoms with Crippen molar-refractivity contribution in [2.24, 2.45) is 0 Å². The summed E-state index contributed by atoms with van der Waals surface area (Å²) in [5.41, 5.74) is 4.16. The van der Waals surface area contributed by atoms with Gasteiger partial charge in [-0.15, -0.1) is 0 Å². The van der Waals surface area contributed by atoms with Gasteiger partial charge >= 0.3 is 0 Å². The summed E-state index contributed by atoms with van der Waals surface area (Å²) in [5.74, 6) is 1.33. The number of fused-ring (bicyclic) bond motifs is 1. The molecular formula is C26H31N5O3. The average molecular weight is 462 g/mol. The van der Waals surface area contributed by atoms with Crippen molar-refractivity contribution in [1.29, 1.82) is 0 Å². The number of ether oxygens (including phenoxy) is 3. The first-order valence-corrected chi connectivity index (χ1v) is 11.6. The van der Waals surface area contributed by atoms with Crippen molar-refractivity contribution in [2.75, 3.05) is 44.6 Å². The maximum atomic E-state index is 6.13. The second kappa shape index (κ2) is 9.97. The first kappa shape index (κ1) is 22.6. The van der Waals surface area contributed by atoms with E-state index in [4.69, 9.17) is 19.2 Å². The SMILES string of the molecule is COc1ccccc1-c1ccnc(N[C@H]2CO[C@H]3[C@@H]2OC[C@@H]3NCc2ccc(N(C)C)cc2)n1. The van der Waals surface area contributed by atoms with E-state index < -0.39 is 0 Å². The minimum atomic E-state index is -0.0489. The van der Waals surface area contributed by atoms with Gasteiger partial charge in [-0.3, -0.25) is 0 Å². The summed E-state index contributed by atoms with van der Waals surface area (Å²) in [4.78, 5) is 11.2.